The lowest BCUT2D eigenvalue weighted by molar-refractivity contribution is -0.154. The van der Waals surface area contributed by atoms with Gasteiger partial charge in [-0.2, -0.15) is 0 Å². The van der Waals surface area contributed by atoms with Gasteiger partial charge in [0.05, 0.1) is 12.6 Å². The van der Waals surface area contributed by atoms with Crippen LogP contribution in [0.1, 0.15) is 39.3 Å². The molecule has 0 fully saturated rings. The molecule has 22 heavy (non-hydrogen) atoms. The lowest BCUT2D eigenvalue weighted by Crippen LogP contribution is -2.43. The highest BCUT2D eigenvalue weighted by Crippen LogP contribution is 2.19. The molecule has 1 rings (SSSR count). The van der Waals surface area contributed by atoms with Crippen LogP contribution in [0.25, 0.3) is 0 Å². The molecule has 1 aromatic rings. The summed E-state index contributed by atoms with van der Waals surface area (Å²) in [6, 6.07) is 7.74. The fourth-order valence-corrected chi connectivity index (χ4v) is 1.80. The SMILES string of the molecule is CCOC(=O)[C@H](O)C(NC(=O)OC(C)(C)C)c1ccccc1. The standard InChI is InChI=1S/C16H23NO5/c1-5-21-14(19)13(18)12(11-9-7-6-8-10-11)17-15(20)22-16(2,3)4/h6-10,12-13,18H,5H2,1-4H3,(H,17,20)/t12?,13-/m1/s1. The first-order chi connectivity index (χ1) is 10.2. The van der Waals surface area contributed by atoms with Gasteiger partial charge >= 0.3 is 12.1 Å². The van der Waals surface area contributed by atoms with E-state index < -0.39 is 29.8 Å². The van der Waals surface area contributed by atoms with Crippen LogP contribution in [0, 0.1) is 0 Å². The van der Waals surface area contributed by atoms with Crippen molar-refractivity contribution in [1.29, 1.82) is 0 Å². The van der Waals surface area contributed by atoms with Gasteiger partial charge in [0, 0.05) is 0 Å². The highest BCUT2D eigenvalue weighted by atomic mass is 16.6. The minimum absolute atomic E-state index is 0.143. The number of carbonyl (C=O) groups excluding carboxylic acids is 2. The van der Waals surface area contributed by atoms with Gasteiger partial charge in [0.2, 0.25) is 0 Å². The molecule has 0 bridgehead atoms. The second kappa shape index (κ2) is 7.79. The van der Waals surface area contributed by atoms with Gasteiger partial charge in [0.15, 0.2) is 6.10 Å². The van der Waals surface area contributed by atoms with Crippen LogP contribution in [0.5, 0.6) is 0 Å². The topological polar surface area (TPSA) is 84.9 Å². The summed E-state index contributed by atoms with van der Waals surface area (Å²) in [5.41, 5.74) is -0.103. The largest absolute Gasteiger partial charge is 0.464 e. The number of rotatable bonds is 5. The molecule has 0 saturated heterocycles. The summed E-state index contributed by atoms with van der Waals surface area (Å²) in [4.78, 5) is 23.7. The number of hydrogen-bond donors (Lipinski definition) is 2. The monoisotopic (exact) mass is 309 g/mol. The van der Waals surface area contributed by atoms with E-state index in [-0.39, 0.29) is 6.61 Å². The average molecular weight is 309 g/mol. The van der Waals surface area contributed by atoms with Crippen molar-refractivity contribution in [2.45, 2.75) is 45.4 Å². The number of esters is 1. The summed E-state index contributed by atoms with van der Waals surface area (Å²) in [7, 11) is 0. The third-order valence-corrected chi connectivity index (χ3v) is 2.67. The Balaban J connectivity index is 2.93. The van der Waals surface area contributed by atoms with E-state index in [0.29, 0.717) is 5.56 Å². The second-order valence-corrected chi connectivity index (χ2v) is 5.73. The molecule has 0 aliphatic heterocycles. The molecule has 1 aromatic carbocycles. The third-order valence-electron chi connectivity index (χ3n) is 2.67. The lowest BCUT2D eigenvalue weighted by atomic mass is 10.0. The quantitative estimate of drug-likeness (QED) is 0.814. The number of amides is 1. The first-order valence-electron chi connectivity index (χ1n) is 7.13. The maximum absolute atomic E-state index is 11.9. The molecule has 0 spiro atoms. The van der Waals surface area contributed by atoms with E-state index in [0.717, 1.165) is 0 Å². The molecular formula is C16H23NO5. The average Bonchev–Trinajstić information content (AvgIpc) is 2.43. The number of ether oxygens (including phenoxy) is 2. The van der Waals surface area contributed by atoms with Gasteiger partial charge in [-0.05, 0) is 33.3 Å². The van der Waals surface area contributed by atoms with Crippen molar-refractivity contribution >= 4 is 12.1 Å². The van der Waals surface area contributed by atoms with Gasteiger partial charge in [0.25, 0.3) is 0 Å². The summed E-state index contributed by atoms with van der Waals surface area (Å²) < 4.78 is 9.97. The molecular weight excluding hydrogens is 286 g/mol. The van der Waals surface area contributed by atoms with Crippen molar-refractivity contribution in [2.75, 3.05) is 6.61 Å². The van der Waals surface area contributed by atoms with Crippen LogP contribution < -0.4 is 5.32 Å². The van der Waals surface area contributed by atoms with Crippen LogP contribution in [-0.2, 0) is 14.3 Å². The molecule has 2 N–H and O–H groups in total. The third kappa shape index (κ3) is 5.73. The number of hydrogen-bond acceptors (Lipinski definition) is 5. The summed E-state index contributed by atoms with van der Waals surface area (Å²) >= 11 is 0. The summed E-state index contributed by atoms with van der Waals surface area (Å²) in [5, 5.41) is 12.7. The Morgan fingerprint density at radius 1 is 1.23 bits per heavy atom. The molecule has 122 valence electrons. The van der Waals surface area contributed by atoms with Crippen molar-refractivity contribution in [3.8, 4) is 0 Å². The Morgan fingerprint density at radius 2 is 1.82 bits per heavy atom. The number of alkyl carbamates (subject to hydrolysis) is 1. The maximum atomic E-state index is 11.9. The molecule has 6 heteroatoms. The summed E-state index contributed by atoms with van der Waals surface area (Å²) in [6.07, 6.45) is -2.24. The van der Waals surface area contributed by atoms with Crippen molar-refractivity contribution in [1.82, 2.24) is 5.32 Å². The van der Waals surface area contributed by atoms with Crippen molar-refractivity contribution < 1.29 is 24.2 Å². The number of nitrogens with one attached hydrogen (secondary N) is 1. The minimum Gasteiger partial charge on any atom is -0.464 e. The van der Waals surface area contributed by atoms with Crippen LogP contribution >= 0.6 is 0 Å². The molecule has 2 atom stereocenters. The van der Waals surface area contributed by atoms with Crippen LogP contribution in [0.15, 0.2) is 30.3 Å². The lowest BCUT2D eigenvalue weighted by Gasteiger charge is -2.26. The van der Waals surface area contributed by atoms with Crippen molar-refractivity contribution in [2.24, 2.45) is 0 Å². The molecule has 0 heterocycles. The second-order valence-electron chi connectivity index (χ2n) is 5.73. The zero-order chi connectivity index (χ0) is 16.8. The Hall–Kier alpha value is -2.08. The molecule has 0 aliphatic rings. The minimum atomic E-state index is -1.52. The zero-order valence-electron chi connectivity index (χ0n) is 13.3. The molecule has 6 nitrogen and oxygen atoms in total. The number of carbonyl (C=O) groups is 2. The van der Waals surface area contributed by atoms with E-state index in [1.165, 1.54) is 0 Å². The van der Waals surface area contributed by atoms with Gasteiger partial charge in [-0.15, -0.1) is 0 Å². The summed E-state index contributed by atoms with van der Waals surface area (Å²) in [5.74, 6) is -0.799. The fraction of sp³-hybridized carbons (Fsp3) is 0.500. The molecule has 0 radical (unpaired) electrons. The van der Waals surface area contributed by atoms with Gasteiger partial charge in [-0.1, -0.05) is 30.3 Å². The van der Waals surface area contributed by atoms with Crippen LogP contribution in [-0.4, -0.2) is 35.5 Å². The van der Waals surface area contributed by atoms with E-state index in [1.807, 2.05) is 0 Å². The number of aliphatic hydroxyl groups is 1. The van der Waals surface area contributed by atoms with Crippen LogP contribution in [0.4, 0.5) is 4.79 Å². The molecule has 1 amide bonds. The fourth-order valence-electron chi connectivity index (χ4n) is 1.80. The van der Waals surface area contributed by atoms with E-state index in [1.54, 1.807) is 58.0 Å². The van der Waals surface area contributed by atoms with E-state index in [2.05, 4.69) is 5.32 Å². The molecule has 1 unspecified atom stereocenters. The first-order valence-corrected chi connectivity index (χ1v) is 7.13. The number of aliphatic hydroxyl groups excluding tert-OH is 1. The Kier molecular flexibility index (Phi) is 6.37. The van der Waals surface area contributed by atoms with Crippen LogP contribution in [0.3, 0.4) is 0 Å². The summed E-state index contributed by atoms with van der Waals surface area (Å²) in [6.45, 7) is 6.97. The number of benzene rings is 1. The van der Waals surface area contributed by atoms with E-state index in [9.17, 15) is 14.7 Å². The Labute approximate surface area is 130 Å². The van der Waals surface area contributed by atoms with Crippen molar-refractivity contribution in [3.63, 3.8) is 0 Å². The maximum Gasteiger partial charge on any atom is 0.408 e. The van der Waals surface area contributed by atoms with Crippen LogP contribution in [0.2, 0.25) is 0 Å². The highest BCUT2D eigenvalue weighted by molar-refractivity contribution is 5.77. The Bertz CT molecular complexity index is 495. The normalized spacial score (nSPS) is 13.9. The predicted molar refractivity (Wildman–Crippen MR) is 81.2 cm³/mol. The zero-order valence-corrected chi connectivity index (χ0v) is 13.3. The highest BCUT2D eigenvalue weighted by Gasteiger charge is 2.31. The molecule has 0 aromatic heterocycles. The van der Waals surface area contributed by atoms with Gasteiger partial charge in [-0.3, -0.25) is 0 Å². The van der Waals surface area contributed by atoms with Gasteiger partial charge in [-0.25, -0.2) is 9.59 Å². The van der Waals surface area contributed by atoms with E-state index in [4.69, 9.17) is 9.47 Å². The smallest absolute Gasteiger partial charge is 0.408 e. The first kappa shape index (κ1) is 18.0. The van der Waals surface area contributed by atoms with E-state index >= 15 is 0 Å². The van der Waals surface area contributed by atoms with Gasteiger partial charge in [0.1, 0.15) is 5.60 Å². The Morgan fingerprint density at radius 3 is 2.32 bits per heavy atom. The van der Waals surface area contributed by atoms with Gasteiger partial charge < -0.3 is 19.9 Å². The molecule has 0 aliphatic carbocycles. The predicted octanol–water partition coefficient (Wildman–Crippen LogP) is 2.18. The molecule has 0 saturated carbocycles. The van der Waals surface area contributed by atoms with Crippen molar-refractivity contribution in [3.05, 3.63) is 35.9 Å².